The van der Waals surface area contributed by atoms with E-state index in [-0.39, 0.29) is 6.54 Å². The summed E-state index contributed by atoms with van der Waals surface area (Å²) in [4.78, 5) is 12.1. The average molecular weight is 281 g/mol. The van der Waals surface area contributed by atoms with Crippen LogP contribution < -0.4 is 5.32 Å². The highest BCUT2D eigenvalue weighted by Crippen LogP contribution is 2.29. The number of carbonyl (C=O) groups excluding carboxylic acids is 1. The van der Waals surface area contributed by atoms with Crippen molar-refractivity contribution in [3.8, 4) is 0 Å². The fourth-order valence-corrected chi connectivity index (χ4v) is 2.72. The van der Waals surface area contributed by atoms with Gasteiger partial charge >= 0.3 is 0 Å². The Morgan fingerprint density at radius 2 is 2.16 bits per heavy atom. The molecule has 0 spiro atoms. The van der Waals surface area contributed by atoms with Gasteiger partial charge in [-0.15, -0.1) is 11.3 Å². The largest absolute Gasteiger partial charge is 0.386 e. The van der Waals surface area contributed by atoms with Crippen LogP contribution in [-0.2, 0) is 4.79 Å². The van der Waals surface area contributed by atoms with Crippen LogP contribution in [0.5, 0.6) is 0 Å². The number of hydrogen-bond acceptors (Lipinski definition) is 3. The van der Waals surface area contributed by atoms with E-state index in [1.165, 1.54) is 25.2 Å². The van der Waals surface area contributed by atoms with E-state index in [4.69, 9.17) is 0 Å². The first kappa shape index (κ1) is 14.0. The number of aliphatic hydroxyl groups is 1. The standard InChI is InChI=1S/C14H16FNO2S/c1-14(2,15)13(18)16-8-10(17)12-7-9-5-3-4-6-11(9)19-12/h3-7,10,17H,8H2,1-2H3,(H,16,18). The molecule has 2 N–H and O–H groups in total. The molecule has 5 heteroatoms. The molecule has 0 saturated heterocycles. The third-order valence-electron chi connectivity index (χ3n) is 2.77. The summed E-state index contributed by atoms with van der Waals surface area (Å²) in [5, 5.41) is 13.5. The van der Waals surface area contributed by atoms with Gasteiger partial charge in [0.25, 0.3) is 5.91 Å². The quantitative estimate of drug-likeness (QED) is 0.905. The topological polar surface area (TPSA) is 49.3 Å². The van der Waals surface area contributed by atoms with Crippen LogP contribution in [0.15, 0.2) is 30.3 Å². The molecule has 0 bridgehead atoms. The van der Waals surface area contributed by atoms with Crippen LogP contribution in [-0.4, -0.2) is 23.2 Å². The lowest BCUT2D eigenvalue weighted by Gasteiger charge is -2.16. The monoisotopic (exact) mass is 281 g/mol. The van der Waals surface area contributed by atoms with Crippen LogP contribution in [0.25, 0.3) is 10.1 Å². The molecule has 0 saturated carbocycles. The number of nitrogens with one attached hydrogen (secondary N) is 1. The summed E-state index contributed by atoms with van der Waals surface area (Å²) in [6, 6.07) is 9.68. The number of thiophene rings is 1. The molecule has 1 amide bonds. The maximum atomic E-state index is 13.3. The summed E-state index contributed by atoms with van der Waals surface area (Å²) in [6.07, 6.45) is -0.816. The van der Waals surface area contributed by atoms with E-state index in [1.807, 2.05) is 30.3 Å². The van der Waals surface area contributed by atoms with Gasteiger partial charge in [0.1, 0.15) is 6.10 Å². The van der Waals surface area contributed by atoms with E-state index >= 15 is 0 Å². The van der Waals surface area contributed by atoms with Crippen LogP contribution in [0, 0.1) is 0 Å². The van der Waals surface area contributed by atoms with E-state index in [0.717, 1.165) is 15.0 Å². The zero-order chi connectivity index (χ0) is 14.0. The highest BCUT2D eigenvalue weighted by Gasteiger charge is 2.26. The zero-order valence-corrected chi connectivity index (χ0v) is 11.6. The van der Waals surface area contributed by atoms with Gasteiger partial charge in [0.05, 0.1) is 0 Å². The van der Waals surface area contributed by atoms with E-state index < -0.39 is 17.7 Å². The van der Waals surface area contributed by atoms with Gasteiger partial charge in [0.2, 0.25) is 0 Å². The van der Waals surface area contributed by atoms with Crippen LogP contribution in [0.3, 0.4) is 0 Å². The Labute approximate surface area is 115 Å². The highest BCUT2D eigenvalue weighted by atomic mass is 32.1. The first-order valence-electron chi connectivity index (χ1n) is 6.01. The fourth-order valence-electron chi connectivity index (χ4n) is 1.67. The van der Waals surface area contributed by atoms with Gasteiger partial charge < -0.3 is 10.4 Å². The van der Waals surface area contributed by atoms with Crippen molar-refractivity contribution in [3.63, 3.8) is 0 Å². The number of rotatable bonds is 4. The van der Waals surface area contributed by atoms with Crippen molar-refractivity contribution in [1.29, 1.82) is 0 Å². The molecule has 102 valence electrons. The van der Waals surface area contributed by atoms with Crippen LogP contribution in [0.4, 0.5) is 4.39 Å². The molecule has 0 fully saturated rings. The zero-order valence-electron chi connectivity index (χ0n) is 10.8. The summed E-state index contributed by atoms with van der Waals surface area (Å²) < 4.78 is 14.4. The van der Waals surface area contributed by atoms with Crippen LogP contribution >= 0.6 is 11.3 Å². The molecule has 19 heavy (non-hydrogen) atoms. The summed E-state index contributed by atoms with van der Waals surface area (Å²) in [7, 11) is 0. The Kier molecular flexibility index (Phi) is 3.87. The Morgan fingerprint density at radius 3 is 2.79 bits per heavy atom. The minimum atomic E-state index is -1.93. The maximum absolute atomic E-state index is 13.3. The lowest BCUT2D eigenvalue weighted by molar-refractivity contribution is -0.131. The predicted molar refractivity (Wildman–Crippen MR) is 75.0 cm³/mol. The Morgan fingerprint density at radius 1 is 1.47 bits per heavy atom. The maximum Gasteiger partial charge on any atom is 0.257 e. The van der Waals surface area contributed by atoms with Crippen LogP contribution in [0.1, 0.15) is 24.8 Å². The first-order valence-corrected chi connectivity index (χ1v) is 6.83. The lowest BCUT2D eigenvalue weighted by Crippen LogP contribution is -2.40. The molecule has 1 unspecified atom stereocenters. The predicted octanol–water partition coefficient (Wildman–Crippen LogP) is 2.80. The normalized spacial score (nSPS) is 13.5. The molecular formula is C14H16FNO2S. The second-order valence-electron chi connectivity index (χ2n) is 4.88. The molecule has 1 aromatic heterocycles. The van der Waals surface area contributed by atoms with Gasteiger partial charge in [-0.1, -0.05) is 18.2 Å². The van der Waals surface area contributed by atoms with Crippen molar-refractivity contribution >= 4 is 27.3 Å². The van der Waals surface area contributed by atoms with E-state index in [1.54, 1.807) is 0 Å². The van der Waals surface area contributed by atoms with Gasteiger partial charge in [0, 0.05) is 16.1 Å². The second kappa shape index (κ2) is 5.27. The van der Waals surface area contributed by atoms with Gasteiger partial charge in [-0.2, -0.15) is 0 Å². The van der Waals surface area contributed by atoms with E-state index in [2.05, 4.69) is 5.32 Å². The summed E-state index contributed by atoms with van der Waals surface area (Å²) in [5.74, 6) is -0.715. The smallest absolute Gasteiger partial charge is 0.257 e. The van der Waals surface area contributed by atoms with Gasteiger partial charge in [0.15, 0.2) is 5.67 Å². The molecule has 0 aliphatic carbocycles. The van der Waals surface area contributed by atoms with Gasteiger partial charge in [-0.25, -0.2) is 4.39 Å². The van der Waals surface area contributed by atoms with Crippen molar-refractivity contribution in [2.45, 2.75) is 25.6 Å². The third-order valence-corrected chi connectivity index (χ3v) is 3.99. The van der Waals surface area contributed by atoms with Crippen molar-refractivity contribution < 1.29 is 14.3 Å². The SMILES string of the molecule is CC(C)(F)C(=O)NCC(O)c1cc2ccccc2s1. The van der Waals surface area contributed by atoms with Crippen molar-refractivity contribution in [3.05, 3.63) is 35.2 Å². The lowest BCUT2D eigenvalue weighted by atomic mass is 10.1. The number of halogens is 1. The average Bonchev–Trinajstić information content (AvgIpc) is 2.78. The molecule has 0 aliphatic rings. The molecule has 2 rings (SSSR count). The van der Waals surface area contributed by atoms with E-state index in [0.29, 0.717) is 0 Å². The number of benzene rings is 1. The molecule has 1 aromatic carbocycles. The molecule has 1 heterocycles. The molecular weight excluding hydrogens is 265 g/mol. The number of alkyl halides is 1. The third kappa shape index (κ3) is 3.30. The van der Waals surface area contributed by atoms with Crippen molar-refractivity contribution in [2.24, 2.45) is 0 Å². The number of hydrogen-bond donors (Lipinski definition) is 2. The number of fused-ring (bicyclic) bond motifs is 1. The Hall–Kier alpha value is -1.46. The van der Waals surface area contributed by atoms with Crippen LogP contribution in [0.2, 0.25) is 0 Å². The molecule has 2 aromatic rings. The number of amides is 1. The van der Waals surface area contributed by atoms with Gasteiger partial charge in [-0.05, 0) is 31.4 Å². The molecule has 1 atom stereocenters. The molecule has 0 radical (unpaired) electrons. The molecule has 0 aliphatic heterocycles. The number of aliphatic hydroxyl groups excluding tert-OH is 1. The molecule has 3 nitrogen and oxygen atoms in total. The minimum Gasteiger partial charge on any atom is -0.386 e. The van der Waals surface area contributed by atoms with E-state index in [9.17, 15) is 14.3 Å². The van der Waals surface area contributed by atoms with Crippen molar-refractivity contribution in [2.75, 3.05) is 6.54 Å². The Bertz CT molecular complexity index is 555. The number of carbonyl (C=O) groups is 1. The highest BCUT2D eigenvalue weighted by molar-refractivity contribution is 7.19. The minimum absolute atomic E-state index is 0.0129. The van der Waals surface area contributed by atoms with Gasteiger partial charge in [-0.3, -0.25) is 4.79 Å². The second-order valence-corrected chi connectivity index (χ2v) is 6.00. The Balaban J connectivity index is 2.04. The first-order chi connectivity index (χ1) is 8.88. The van der Waals surface area contributed by atoms with Crippen molar-refractivity contribution in [1.82, 2.24) is 5.32 Å². The fraction of sp³-hybridized carbons (Fsp3) is 0.357. The summed E-state index contributed by atoms with van der Waals surface area (Å²) in [6.45, 7) is 2.39. The summed E-state index contributed by atoms with van der Waals surface area (Å²) in [5.41, 5.74) is -1.93. The summed E-state index contributed by atoms with van der Waals surface area (Å²) >= 11 is 1.47.